The lowest BCUT2D eigenvalue weighted by molar-refractivity contribution is -0.0120. The van der Waals surface area contributed by atoms with E-state index < -0.39 is 0 Å². The molecule has 0 bridgehead atoms. The van der Waals surface area contributed by atoms with Crippen LogP contribution in [-0.4, -0.2) is 55.5 Å². The molecule has 0 radical (unpaired) electrons. The quantitative estimate of drug-likeness (QED) is 0.803. The largest absolute Gasteiger partial charge is 0.450 e. The highest BCUT2D eigenvalue weighted by molar-refractivity contribution is 5.67. The fourth-order valence-corrected chi connectivity index (χ4v) is 2.31. The van der Waals surface area contributed by atoms with Crippen LogP contribution in [0.5, 0.6) is 0 Å². The van der Waals surface area contributed by atoms with Crippen molar-refractivity contribution in [2.45, 2.75) is 52.2 Å². The average molecular weight is 272 g/mol. The summed E-state index contributed by atoms with van der Waals surface area (Å²) in [5.74, 6) is 0. The summed E-state index contributed by atoms with van der Waals surface area (Å²) in [7, 11) is 0. The van der Waals surface area contributed by atoms with E-state index in [9.17, 15) is 4.79 Å². The number of likely N-dealkylation sites (tertiary alicyclic amines) is 1. The highest BCUT2D eigenvalue weighted by atomic mass is 16.6. The molecule has 0 spiro atoms. The van der Waals surface area contributed by atoms with Gasteiger partial charge in [0.25, 0.3) is 0 Å². The van der Waals surface area contributed by atoms with Crippen LogP contribution in [0, 0.1) is 0 Å². The zero-order valence-corrected chi connectivity index (χ0v) is 12.7. The molecule has 0 saturated carbocycles. The molecular weight excluding hydrogens is 244 g/mol. The van der Waals surface area contributed by atoms with E-state index in [1.54, 1.807) is 4.90 Å². The topological polar surface area (TPSA) is 50.8 Å². The Hall–Kier alpha value is -0.810. The second-order valence-corrected chi connectivity index (χ2v) is 5.53. The van der Waals surface area contributed by atoms with Gasteiger partial charge in [0.2, 0.25) is 0 Å². The number of amides is 1. The van der Waals surface area contributed by atoms with Gasteiger partial charge in [-0.15, -0.1) is 0 Å². The Balaban J connectivity index is 2.25. The molecule has 0 aliphatic carbocycles. The molecule has 0 aromatic heterocycles. The lowest BCUT2D eigenvalue weighted by Gasteiger charge is -2.34. The summed E-state index contributed by atoms with van der Waals surface area (Å²) in [6.07, 6.45) is 1.76. The van der Waals surface area contributed by atoms with E-state index in [-0.39, 0.29) is 11.7 Å². The van der Waals surface area contributed by atoms with Crippen molar-refractivity contribution in [2.24, 2.45) is 0 Å². The molecule has 1 saturated heterocycles. The van der Waals surface area contributed by atoms with Crippen molar-refractivity contribution in [2.75, 3.05) is 32.8 Å². The van der Waals surface area contributed by atoms with Crippen molar-refractivity contribution < 1.29 is 14.3 Å². The third-order valence-electron chi connectivity index (χ3n) is 3.37. The van der Waals surface area contributed by atoms with E-state index in [0.717, 1.165) is 39.1 Å². The Morgan fingerprint density at radius 2 is 1.89 bits per heavy atom. The summed E-state index contributed by atoms with van der Waals surface area (Å²) < 4.78 is 10.7. The molecule has 1 aliphatic heterocycles. The van der Waals surface area contributed by atoms with Gasteiger partial charge in [0, 0.05) is 32.3 Å². The van der Waals surface area contributed by atoms with E-state index in [0.29, 0.717) is 12.6 Å². The molecular formula is C14H28N2O3. The predicted molar refractivity (Wildman–Crippen MR) is 75.3 cm³/mol. The molecule has 0 aromatic carbocycles. The fraction of sp³-hybridized carbons (Fsp3) is 0.929. The zero-order valence-electron chi connectivity index (χ0n) is 12.7. The Kier molecular flexibility index (Phi) is 6.58. The van der Waals surface area contributed by atoms with Gasteiger partial charge in [-0.1, -0.05) is 0 Å². The first-order valence-corrected chi connectivity index (χ1v) is 7.27. The molecule has 0 aromatic rings. The first kappa shape index (κ1) is 16.2. The van der Waals surface area contributed by atoms with Gasteiger partial charge in [0.15, 0.2) is 0 Å². The van der Waals surface area contributed by atoms with E-state index in [4.69, 9.17) is 9.47 Å². The van der Waals surface area contributed by atoms with Gasteiger partial charge in [0.05, 0.1) is 12.2 Å². The average Bonchev–Trinajstić information content (AvgIpc) is 2.37. The van der Waals surface area contributed by atoms with Crippen molar-refractivity contribution in [3.8, 4) is 0 Å². The van der Waals surface area contributed by atoms with Crippen LogP contribution in [-0.2, 0) is 9.47 Å². The number of hydrogen-bond donors (Lipinski definition) is 1. The van der Waals surface area contributed by atoms with E-state index >= 15 is 0 Å². The highest BCUT2D eigenvalue weighted by Gasteiger charge is 2.25. The molecule has 1 amide bonds. The number of hydrogen-bond acceptors (Lipinski definition) is 4. The maximum absolute atomic E-state index is 11.6. The minimum Gasteiger partial charge on any atom is -0.450 e. The fourth-order valence-electron chi connectivity index (χ4n) is 2.31. The predicted octanol–water partition coefficient (Wildman–Crippen LogP) is 2.01. The van der Waals surface area contributed by atoms with Gasteiger partial charge in [0.1, 0.15) is 0 Å². The summed E-state index contributed by atoms with van der Waals surface area (Å²) in [4.78, 5) is 13.4. The SMILES string of the molecule is CCOC(=O)N1CCC(NCC(C)(C)OCC)CC1. The summed E-state index contributed by atoms with van der Waals surface area (Å²) in [5, 5.41) is 3.53. The van der Waals surface area contributed by atoms with Crippen molar-refractivity contribution in [3.05, 3.63) is 0 Å². The van der Waals surface area contributed by atoms with E-state index in [2.05, 4.69) is 19.2 Å². The maximum Gasteiger partial charge on any atom is 0.409 e. The summed E-state index contributed by atoms with van der Waals surface area (Å²) in [6, 6.07) is 0.463. The summed E-state index contributed by atoms with van der Waals surface area (Å²) >= 11 is 0. The van der Waals surface area contributed by atoms with Gasteiger partial charge in [-0.3, -0.25) is 0 Å². The van der Waals surface area contributed by atoms with Crippen LogP contribution in [0.4, 0.5) is 4.79 Å². The monoisotopic (exact) mass is 272 g/mol. The van der Waals surface area contributed by atoms with Crippen molar-refractivity contribution in [3.63, 3.8) is 0 Å². The molecule has 19 heavy (non-hydrogen) atoms. The zero-order chi connectivity index (χ0) is 14.3. The Morgan fingerprint density at radius 3 is 2.42 bits per heavy atom. The molecule has 5 nitrogen and oxygen atoms in total. The first-order chi connectivity index (χ1) is 8.98. The van der Waals surface area contributed by atoms with Gasteiger partial charge in [-0.2, -0.15) is 0 Å². The lowest BCUT2D eigenvalue weighted by Crippen LogP contribution is -2.48. The third kappa shape index (κ3) is 5.78. The van der Waals surface area contributed by atoms with Gasteiger partial charge in [-0.05, 0) is 40.5 Å². The van der Waals surface area contributed by atoms with Crippen LogP contribution in [0.1, 0.15) is 40.5 Å². The summed E-state index contributed by atoms with van der Waals surface area (Å²) in [5.41, 5.74) is -0.132. The van der Waals surface area contributed by atoms with E-state index in [1.807, 2.05) is 13.8 Å². The normalized spacial score (nSPS) is 17.6. The van der Waals surface area contributed by atoms with Gasteiger partial charge < -0.3 is 19.7 Å². The maximum atomic E-state index is 11.6. The van der Waals surface area contributed by atoms with Crippen LogP contribution < -0.4 is 5.32 Å². The molecule has 1 heterocycles. The molecule has 1 rings (SSSR count). The van der Waals surface area contributed by atoms with Gasteiger partial charge in [-0.25, -0.2) is 4.79 Å². The Labute approximate surface area is 116 Å². The first-order valence-electron chi connectivity index (χ1n) is 7.27. The number of carbonyl (C=O) groups excluding carboxylic acids is 1. The van der Waals surface area contributed by atoms with E-state index in [1.165, 1.54) is 0 Å². The number of nitrogens with one attached hydrogen (secondary N) is 1. The number of piperidine rings is 1. The molecule has 0 unspecified atom stereocenters. The van der Waals surface area contributed by atoms with Gasteiger partial charge >= 0.3 is 6.09 Å². The number of carbonyl (C=O) groups is 1. The van der Waals surface area contributed by atoms with Crippen LogP contribution in [0.15, 0.2) is 0 Å². The minimum absolute atomic E-state index is 0.132. The molecule has 0 atom stereocenters. The number of rotatable bonds is 6. The van der Waals surface area contributed by atoms with Crippen molar-refractivity contribution in [1.82, 2.24) is 10.2 Å². The second kappa shape index (κ2) is 7.70. The highest BCUT2D eigenvalue weighted by Crippen LogP contribution is 2.13. The lowest BCUT2D eigenvalue weighted by atomic mass is 10.0. The second-order valence-electron chi connectivity index (χ2n) is 5.53. The molecule has 1 N–H and O–H groups in total. The smallest absolute Gasteiger partial charge is 0.409 e. The molecule has 1 aliphatic rings. The Bertz CT molecular complexity index is 274. The van der Waals surface area contributed by atoms with Crippen LogP contribution >= 0.6 is 0 Å². The molecule has 5 heteroatoms. The summed E-state index contributed by atoms with van der Waals surface area (Å²) in [6.45, 7) is 11.6. The van der Waals surface area contributed by atoms with Crippen molar-refractivity contribution in [1.29, 1.82) is 0 Å². The molecule has 1 fully saturated rings. The Morgan fingerprint density at radius 1 is 1.26 bits per heavy atom. The third-order valence-corrected chi connectivity index (χ3v) is 3.37. The van der Waals surface area contributed by atoms with Crippen LogP contribution in [0.25, 0.3) is 0 Å². The van der Waals surface area contributed by atoms with Crippen LogP contribution in [0.2, 0.25) is 0 Å². The van der Waals surface area contributed by atoms with Crippen LogP contribution in [0.3, 0.4) is 0 Å². The minimum atomic E-state index is -0.185. The standard InChI is InChI=1S/C14H28N2O3/c1-5-18-13(17)16-9-7-12(8-10-16)15-11-14(3,4)19-6-2/h12,15H,5-11H2,1-4H3. The molecule has 112 valence electrons. The number of ether oxygens (including phenoxy) is 2. The number of nitrogens with zero attached hydrogens (tertiary/aromatic N) is 1. The van der Waals surface area contributed by atoms with Crippen molar-refractivity contribution >= 4 is 6.09 Å².